The number of hydrogen-bond acceptors (Lipinski definition) is 3. The number of rotatable bonds is 30. The Balaban J connectivity index is 0.000000297. The van der Waals surface area contributed by atoms with Crippen LogP contribution in [0.15, 0.2) is 109 Å². The molecule has 0 N–H and O–H groups in total. The minimum absolute atomic E-state index is 0.707. The Hall–Kier alpha value is -5.67. The van der Waals surface area contributed by atoms with Crippen molar-refractivity contribution in [1.82, 2.24) is 15.0 Å². The summed E-state index contributed by atoms with van der Waals surface area (Å²) in [5, 5.41) is 0. The van der Waals surface area contributed by atoms with Gasteiger partial charge in [0.25, 0.3) is 0 Å². The third-order valence-corrected chi connectivity index (χ3v) is 16.4. The first-order valence-corrected chi connectivity index (χ1v) is 31.3. The van der Waals surface area contributed by atoms with E-state index in [0.717, 1.165) is 36.0 Å². The Bertz CT molecular complexity index is 2870. The SMILES string of the molecule is CCCCCCc1cc(-c2cc(C)c(C)cc2C)c(CCCCCC)cc1C.CCCCCCc1ccc(-c2nc(-c3ccc(C)cc3)nc(-c3ccc(-c4cc(CCCCCC)c(C)cc4CCCCCC)cc3)n2)cc1. The molecule has 0 fully saturated rings. The molecule has 3 nitrogen and oxygen atoms in total. The van der Waals surface area contributed by atoms with E-state index in [4.69, 9.17) is 15.0 Å². The normalized spacial score (nSPS) is 11.3. The van der Waals surface area contributed by atoms with Crippen molar-refractivity contribution in [3.63, 3.8) is 0 Å². The molecule has 1 aromatic heterocycles. The van der Waals surface area contributed by atoms with Crippen molar-refractivity contribution in [1.29, 1.82) is 0 Å². The number of aromatic nitrogens is 3. The molecule has 0 saturated heterocycles. The second-order valence-electron chi connectivity index (χ2n) is 23.1. The number of benzene rings is 6. The van der Waals surface area contributed by atoms with Gasteiger partial charge in [-0.25, -0.2) is 15.0 Å². The fourth-order valence-corrected chi connectivity index (χ4v) is 11.2. The summed E-state index contributed by atoms with van der Waals surface area (Å²) in [4.78, 5) is 15.1. The molecule has 7 aromatic rings. The minimum atomic E-state index is 0.707. The van der Waals surface area contributed by atoms with Gasteiger partial charge in [0.05, 0.1) is 0 Å². The van der Waals surface area contributed by atoms with Crippen LogP contribution in [0.2, 0.25) is 0 Å². The molecule has 0 aliphatic rings. The van der Waals surface area contributed by atoms with E-state index in [0.29, 0.717) is 17.5 Å². The van der Waals surface area contributed by atoms with Crippen molar-refractivity contribution >= 4 is 0 Å². The largest absolute Gasteiger partial charge is 0.208 e. The second-order valence-corrected chi connectivity index (χ2v) is 23.1. The van der Waals surface area contributed by atoms with E-state index in [1.54, 1.807) is 11.1 Å². The maximum absolute atomic E-state index is 5.06. The van der Waals surface area contributed by atoms with Crippen LogP contribution in [0.1, 0.15) is 224 Å². The van der Waals surface area contributed by atoms with E-state index in [1.165, 1.54) is 214 Å². The molecule has 3 heteroatoms. The van der Waals surface area contributed by atoms with Crippen LogP contribution in [-0.4, -0.2) is 15.0 Å². The summed E-state index contributed by atoms with van der Waals surface area (Å²) >= 11 is 0. The zero-order chi connectivity index (χ0) is 55.7. The maximum Gasteiger partial charge on any atom is 0.164 e. The van der Waals surface area contributed by atoms with Gasteiger partial charge in [0.15, 0.2) is 17.5 Å². The highest BCUT2D eigenvalue weighted by Crippen LogP contribution is 2.35. The molecule has 0 radical (unpaired) electrons. The van der Waals surface area contributed by atoms with Gasteiger partial charge in [-0.05, 0) is 184 Å². The van der Waals surface area contributed by atoms with E-state index in [9.17, 15) is 0 Å². The molecule has 1 heterocycles. The quantitative estimate of drug-likeness (QED) is 0.0421. The van der Waals surface area contributed by atoms with E-state index in [-0.39, 0.29) is 0 Å². The first-order valence-electron chi connectivity index (χ1n) is 31.3. The topological polar surface area (TPSA) is 38.7 Å². The molecule has 416 valence electrons. The van der Waals surface area contributed by atoms with Gasteiger partial charge < -0.3 is 0 Å². The Morgan fingerprint density at radius 2 is 0.603 bits per heavy atom. The second kappa shape index (κ2) is 33.0. The average Bonchev–Trinajstić information content (AvgIpc) is 3.49. The monoisotopic (exact) mass is 1040 g/mol. The van der Waals surface area contributed by atoms with Gasteiger partial charge in [0.2, 0.25) is 0 Å². The highest BCUT2D eigenvalue weighted by Gasteiger charge is 2.17. The minimum Gasteiger partial charge on any atom is -0.208 e. The molecule has 0 aliphatic heterocycles. The van der Waals surface area contributed by atoms with Crippen LogP contribution in [0.5, 0.6) is 0 Å². The maximum atomic E-state index is 5.06. The molecule has 6 aromatic carbocycles. The Kier molecular flexibility index (Phi) is 26.1. The molecule has 0 amide bonds. The lowest BCUT2D eigenvalue weighted by molar-refractivity contribution is 0.662. The van der Waals surface area contributed by atoms with Gasteiger partial charge in [-0.1, -0.05) is 246 Å². The Morgan fingerprint density at radius 3 is 1.04 bits per heavy atom. The molecular weight excluding hydrogens is 943 g/mol. The predicted octanol–water partition coefficient (Wildman–Crippen LogP) is 22.4. The van der Waals surface area contributed by atoms with Gasteiger partial charge in [-0.15, -0.1) is 0 Å². The zero-order valence-electron chi connectivity index (χ0n) is 50.9. The Labute approximate surface area is 476 Å². The van der Waals surface area contributed by atoms with Crippen molar-refractivity contribution in [2.24, 2.45) is 0 Å². The fourth-order valence-electron chi connectivity index (χ4n) is 11.2. The highest BCUT2D eigenvalue weighted by molar-refractivity contribution is 5.75. The highest BCUT2D eigenvalue weighted by atomic mass is 15.0. The van der Waals surface area contributed by atoms with Crippen LogP contribution >= 0.6 is 0 Å². The lowest BCUT2D eigenvalue weighted by Gasteiger charge is -2.18. The lowest BCUT2D eigenvalue weighted by Crippen LogP contribution is -2.01. The first kappa shape index (κ1) is 61.5. The summed E-state index contributed by atoms with van der Waals surface area (Å²) in [6.07, 6.45) is 31.8. The molecule has 78 heavy (non-hydrogen) atoms. The predicted molar refractivity (Wildman–Crippen MR) is 341 cm³/mol. The van der Waals surface area contributed by atoms with Crippen molar-refractivity contribution in [2.45, 2.75) is 237 Å². The third-order valence-electron chi connectivity index (χ3n) is 16.4. The first-order chi connectivity index (χ1) is 38.0. The van der Waals surface area contributed by atoms with E-state index >= 15 is 0 Å². The van der Waals surface area contributed by atoms with Gasteiger partial charge in [0.1, 0.15) is 0 Å². The van der Waals surface area contributed by atoms with Gasteiger partial charge in [-0.2, -0.15) is 0 Å². The number of hydrogen-bond donors (Lipinski definition) is 0. The lowest BCUT2D eigenvalue weighted by atomic mass is 9.87. The number of unbranched alkanes of at least 4 members (excludes halogenated alkanes) is 15. The summed E-state index contributed by atoms with van der Waals surface area (Å²) in [6.45, 7) is 24.9. The molecule has 0 bridgehead atoms. The van der Waals surface area contributed by atoms with Crippen molar-refractivity contribution in [3.8, 4) is 56.4 Å². The third kappa shape index (κ3) is 18.7. The standard InChI is InChI=1S/C47H59N3.C28H42/c1-6-9-12-15-18-37-23-27-40(28-24-37)46-48-45(39-25-21-35(4)22-26-39)49-47(50-46)41-31-29-38(30-32-41)44-34-42(19-16-13-10-7-2)36(5)33-43(44)20-17-14-11-8-3;1-7-9-11-13-15-25-20-28(27-19-22(4)21(3)17-24(27)6)26(18-23(25)5)16-14-12-10-8-2/h21-34H,6-20H2,1-5H3;17-20H,7-16H2,1-6H3. The van der Waals surface area contributed by atoms with E-state index in [2.05, 4.69) is 185 Å². The molecule has 0 atom stereocenters. The number of nitrogens with zero attached hydrogens (tertiary/aromatic N) is 3. The fraction of sp³-hybridized carbons (Fsp3) is 0.480. The van der Waals surface area contributed by atoms with Gasteiger partial charge in [-0.3, -0.25) is 0 Å². The molecular formula is C75H101N3. The summed E-state index contributed by atoms with van der Waals surface area (Å²) < 4.78 is 0. The molecule has 0 aliphatic carbocycles. The van der Waals surface area contributed by atoms with Gasteiger partial charge >= 0.3 is 0 Å². The van der Waals surface area contributed by atoms with Crippen molar-refractivity contribution < 1.29 is 0 Å². The summed E-state index contributed by atoms with van der Waals surface area (Å²) in [6, 6.07) is 41.1. The zero-order valence-corrected chi connectivity index (χ0v) is 50.9. The van der Waals surface area contributed by atoms with Crippen LogP contribution in [-0.2, 0) is 32.1 Å². The van der Waals surface area contributed by atoms with Crippen LogP contribution in [0, 0.1) is 41.5 Å². The molecule has 0 spiro atoms. The molecule has 0 unspecified atom stereocenters. The van der Waals surface area contributed by atoms with Crippen LogP contribution in [0.4, 0.5) is 0 Å². The average molecular weight is 1040 g/mol. The van der Waals surface area contributed by atoms with Crippen LogP contribution in [0.25, 0.3) is 56.4 Å². The van der Waals surface area contributed by atoms with Gasteiger partial charge in [0, 0.05) is 16.7 Å². The number of aryl methyl sites for hydroxylation is 11. The van der Waals surface area contributed by atoms with Crippen LogP contribution in [0.3, 0.4) is 0 Å². The van der Waals surface area contributed by atoms with E-state index < -0.39 is 0 Å². The molecule has 7 rings (SSSR count). The van der Waals surface area contributed by atoms with Crippen LogP contribution < -0.4 is 0 Å². The van der Waals surface area contributed by atoms with Crippen molar-refractivity contribution in [2.75, 3.05) is 0 Å². The Morgan fingerprint density at radius 1 is 0.256 bits per heavy atom. The van der Waals surface area contributed by atoms with E-state index in [1.807, 2.05) is 0 Å². The smallest absolute Gasteiger partial charge is 0.164 e. The molecule has 0 saturated carbocycles. The summed E-state index contributed by atoms with van der Waals surface area (Å²) in [7, 11) is 0. The summed E-state index contributed by atoms with van der Waals surface area (Å²) in [5.41, 5.74) is 24.5. The van der Waals surface area contributed by atoms with Crippen molar-refractivity contribution in [3.05, 3.63) is 170 Å². The summed E-state index contributed by atoms with van der Waals surface area (Å²) in [5.74, 6) is 2.13.